The number of carbonyl (C=O) groups excluding carboxylic acids is 1. The van der Waals surface area contributed by atoms with Gasteiger partial charge in [-0.2, -0.15) is 8.78 Å². The zero-order chi connectivity index (χ0) is 37.0. The summed E-state index contributed by atoms with van der Waals surface area (Å²) in [6.45, 7) is 5.65. The second-order valence-corrected chi connectivity index (χ2v) is 12.8. The van der Waals surface area contributed by atoms with Gasteiger partial charge < -0.3 is 25.3 Å². The molecule has 52 heavy (non-hydrogen) atoms. The van der Waals surface area contributed by atoms with Gasteiger partial charge in [-0.3, -0.25) is 9.78 Å². The highest BCUT2D eigenvalue weighted by atomic mass is 19.3. The van der Waals surface area contributed by atoms with Crippen LogP contribution in [0.1, 0.15) is 41.9 Å². The first kappa shape index (κ1) is 36.4. The molecule has 5 aromatic rings. The Bertz CT molecular complexity index is 1960. The molecule has 2 aromatic heterocycles. The molecule has 0 bridgehead atoms. The molecule has 6 rings (SSSR count). The molecule has 0 radical (unpaired) electrons. The van der Waals surface area contributed by atoms with Gasteiger partial charge in [-0.05, 0) is 83.9 Å². The van der Waals surface area contributed by atoms with Gasteiger partial charge in [0.2, 0.25) is 0 Å². The van der Waals surface area contributed by atoms with Crippen molar-refractivity contribution < 1.29 is 32.6 Å². The van der Waals surface area contributed by atoms with Gasteiger partial charge in [0.15, 0.2) is 5.60 Å². The molecule has 15 heteroatoms. The third-order valence-corrected chi connectivity index (χ3v) is 9.44. The number of tetrazole rings is 1. The number of aromatic nitrogens is 5. The fourth-order valence-electron chi connectivity index (χ4n) is 6.35. The third-order valence-electron chi connectivity index (χ3n) is 9.44. The molecule has 3 N–H and O–H groups in total. The zero-order valence-corrected chi connectivity index (χ0v) is 28.5. The SMILES string of the molecule is CC[C@H](NC(=O)c1ccc(N2CCN(c3ccc(-c4ccc(C(F)(F)[C@](O)(Cn5cnnn5)c5ccc(F)cc5F)nc4)cc3)CC2)cc1)[C@H](C)O. The van der Waals surface area contributed by atoms with E-state index in [9.17, 15) is 23.8 Å². The number of alkyl halides is 2. The van der Waals surface area contributed by atoms with Crippen LogP contribution in [0.5, 0.6) is 0 Å². The van der Waals surface area contributed by atoms with Gasteiger partial charge in [-0.15, -0.1) is 5.10 Å². The summed E-state index contributed by atoms with van der Waals surface area (Å²) in [5.41, 5.74) is -1.10. The molecule has 1 fully saturated rings. The van der Waals surface area contributed by atoms with E-state index < -0.39 is 47.1 Å². The van der Waals surface area contributed by atoms with Crippen LogP contribution in [-0.2, 0) is 18.1 Å². The van der Waals surface area contributed by atoms with Crippen LogP contribution >= 0.6 is 0 Å². The van der Waals surface area contributed by atoms with Crippen molar-refractivity contribution in [3.8, 4) is 11.1 Å². The maximum atomic E-state index is 16.1. The number of anilines is 2. The lowest BCUT2D eigenvalue weighted by Gasteiger charge is -2.37. The number of nitrogens with zero attached hydrogens (tertiary/aromatic N) is 7. The van der Waals surface area contributed by atoms with Gasteiger partial charge >= 0.3 is 5.92 Å². The van der Waals surface area contributed by atoms with Crippen molar-refractivity contribution in [2.75, 3.05) is 36.0 Å². The van der Waals surface area contributed by atoms with Crippen molar-refractivity contribution in [1.29, 1.82) is 0 Å². The molecule has 3 aromatic carbocycles. The number of benzene rings is 3. The molecule has 3 atom stereocenters. The molecule has 0 unspecified atom stereocenters. The Balaban J connectivity index is 1.10. The molecule has 1 saturated heterocycles. The molecule has 272 valence electrons. The first-order valence-electron chi connectivity index (χ1n) is 16.8. The van der Waals surface area contributed by atoms with Crippen molar-refractivity contribution in [1.82, 2.24) is 30.5 Å². The van der Waals surface area contributed by atoms with E-state index in [2.05, 4.69) is 35.6 Å². The van der Waals surface area contributed by atoms with Gasteiger partial charge in [0.1, 0.15) is 23.7 Å². The number of aliphatic hydroxyl groups excluding tert-OH is 1. The summed E-state index contributed by atoms with van der Waals surface area (Å²) in [6.07, 6.45) is 2.23. The molecule has 1 amide bonds. The monoisotopic (exact) mass is 718 g/mol. The summed E-state index contributed by atoms with van der Waals surface area (Å²) < 4.78 is 61.6. The number of hydrogen-bond acceptors (Lipinski definition) is 9. The second kappa shape index (κ2) is 15.1. The van der Waals surface area contributed by atoms with Crippen molar-refractivity contribution in [2.24, 2.45) is 0 Å². The van der Waals surface area contributed by atoms with E-state index in [1.807, 2.05) is 43.3 Å². The molecule has 0 aliphatic carbocycles. The quantitative estimate of drug-likeness (QED) is 0.154. The molecular formula is C37H38F4N8O3. The second-order valence-electron chi connectivity index (χ2n) is 12.8. The van der Waals surface area contributed by atoms with Crippen molar-refractivity contribution in [3.63, 3.8) is 0 Å². The first-order valence-corrected chi connectivity index (χ1v) is 16.8. The number of carbonyl (C=O) groups is 1. The minimum Gasteiger partial charge on any atom is -0.391 e. The average molecular weight is 719 g/mol. The topological polar surface area (TPSA) is 133 Å². The number of amides is 1. The molecule has 0 spiro atoms. The lowest BCUT2D eigenvalue weighted by atomic mass is 9.84. The van der Waals surface area contributed by atoms with Crippen LogP contribution in [0, 0.1) is 11.6 Å². The van der Waals surface area contributed by atoms with Crippen LogP contribution < -0.4 is 15.1 Å². The third kappa shape index (κ3) is 7.46. The van der Waals surface area contributed by atoms with Gasteiger partial charge in [0.25, 0.3) is 5.91 Å². The van der Waals surface area contributed by atoms with E-state index in [1.54, 1.807) is 19.1 Å². The Morgan fingerprint density at radius 2 is 1.52 bits per heavy atom. The number of rotatable bonds is 12. The first-order chi connectivity index (χ1) is 24.9. The minimum atomic E-state index is -4.16. The van der Waals surface area contributed by atoms with Gasteiger partial charge in [0, 0.05) is 66.5 Å². The summed E-state index contributed by atoms with van der Waals surface area (Å²) in [4.78, 5) is 21.1. The predicted octanol–water partition coefficient (Wildman–Crippen LogP) is 4.91. The Hall–Kier alpha value is -5.41. The van der Waals surface area contributed by atoms with Crippen LogP contribution in [-0.4, -0.2) is 79.6 Å². The van der Waals surface area contributed by atoms with Crippen LogP contribution in [0.4, 0.5) is 28.9 Å². The summed E-state index contributed by atoms with van der Waals surface area (Å²) in [5.74, 6) is -6.73. The lowest BCUT2D eigenvalue weighted by Crippen LogP contribution is -2.48. The number of piperazine rings is 1. The molecule has 0 saturated carbocycles. The van der Waals surface area contributed by atoms with E-state index in [4.69, 9.17) is 0 Å². The predicted molar refractivity (Wildman–Crippen MR) is 186 cm³/mol. The van der Waals surface area contributed by atoms with E-state index in [0.29, 0.717) is 23.6 Å². The highest BCUT2D eigenvalue weighted by molar-refractivity contribution is 5.94. The maximum Gasteiger partial charge on any atom is 0.323 e. The van der Waals surface area contributed by atoms with Crippen molar-refractivity contribution in [3.05, 3.63) is 120 Å². The number of aliphatic hydroxyl groups is 2. The maximum absolute atomic E-state index is 16.1. The van der Waals surface area contributed by atoms with Gasteiger partial charge in [0.05, 0.1) is 18.7 Å². The Kier molecular flexibility index (Phi) is 10.5. The summed E-state index contributed by atoms with van der Waals surface area (Å²) in [6, 6.07) is 19.2. The largest absolute Gasteiger partial charge is 0.391 e. The normalized spacial score (nSPS) is 15.9. The molecule has 11 nitrogen and oxygen atoms in total. The molecule has 3 heterocycles. The standard InChI is InChI=1S/C37H38F4N8O3/c1-3-33(24(2)50)44-35(51)26-6-12-30(13-7-26)48-18-16-47(17-19-48)29-10-4-25(5-11-29)27-8-15-34(42-21-27)37(40,41)36(52,22-49-23-43-45-46-49)31-14-9-28(38)20-32(31)39/h4-15,20-21,23-24,33,50,52H,3,16-19,22H2,1-2H3,(H,44,51)/t24-,33-,36-/m0/s1. The van der Waals surface area contributed by atoms with E-state index in [0.717, 1.165) is 72.3 Å². The fourth-order valence-corrected chi connectivity index (χ4v) is 6.35. The van der Waals surface area contributed by atoms with E-state index >= 15 is 8.78 Å². The van der Waals surface area contributed by atoms with Crippen LogP contribution in [0.2, 0.25) is 0 Å². The van der Waals surface area contributed by atoms with E-state index in [-0.39, 0.29) is 11.9 Å². The summed E-state index contributed by atoms with van der Waals surface area (Å²) in [5, 5.41) is 34.4. The molecular weight excluding hydrogens is 680 g/mol. The van der Waals surface area contributed by atoms with Gasteiger partial charge in [-0.25, -0.2) is 13.5 Å². The van der Waals surface area contributed by atoms with Crippen LogP contribution in [0.3, 0.4) is 0 Å². The smallest absolute Gasteiger partial charge is 0.323 e. The highest BCUT2D eigenvalue weighted by Gasteiger charge is 2.58. The summed E-state index contributed by atoms with van der Waals surface area (Å²) >= 11 is 0. The van der Waals surface area contributed by atoms with Gasteiger partial charge in [-0.1, -0.05) is 25.1 Å². The van der Waals surface area contributed by atoms with Crippen molar-refractivity contribution >= 4 is 17.3 Å². The fraction of sp³-hybridized carbons (Fsp3) is 0.324. The molecule has 1 aliphatic rings. The number of hydrogen-bond donors (Lipinski definition) is 3. The Morgan fingerprint density at radius 3 is 2.04 bits per heavy atom. The minimum absolute atomic E-state index is 0.222. The summed E-state index contributed by atoms with van der Waals surface area (Å²) in [7, 11) is 0. The van der Waals surface area contributed by atoms with E-state index in [1.165, 1.54) is 12.3 Å². The number of pyridine rings is 1. The van der Waals surface area contributed by atoms with Crippen LogP contribution in [0.15, 0.2) is 91.4 Å². The highest BCUT2D eigenvalue weighted by Crippen LogP contribution is 2.47. The zero-order valence-electron chi connectivity index (χ0n) is 28.5. The Labute approximate surface area is 297 Å². The number of halogens is 4. The number of nitrogens with one attached hydrogen (secondary N) is 1. The van der Waals surface area contributed by atoms with Crippen LogP contribution in [0.25, 0.3) is 11.1 Å². The van der Waals surface area contributed by atoms with Crippen molar-refractivity contribution in [2.45, 2.75) is 50.5 Å². The Morgan fingerprint density at radius 1 is 0.904 bits per heavy atom. The molecule has 1 aliphatic heterocycles. The average Bonchev–Trinajstić information content (AvgIpc) is 3.66. The lowest BCUT2D eigenvalue weighted by molar-refractivity contribution is -0.207.